The third-order valence-corrected chi connectivity index (χ3v) is 4.91. The smallest absolute Gasteiger partial charge is 0.194 e. The van der Waals surface area contributed by atoms with Gasteiger partial charge in [-0.25, -0.2) is 9.98 Å². The van der Waals surface area contributed by atoms with Gasteiger partial charge in [-0.1, -0.05) is 0 Å². The number of thiazole rings is 1. The highest BCUT2D eigenvalue weighted by Crippen LogP contribution is 2.20. The van der Waals surface area contributed by atoms with E-state index in [0.29, 0.717) is 12.5 Å². The van der Waals surface area contributed by atoms with E-state index < -0.39 is 0 Å². The molecule has 1 aliphatic rings. The largest absolute Gasteiger partial charge is 0.381 e. The average molecular weight is 324 g/mol. The van der Waals surface area contributed by atoms with Crippen molar-refractivity contribution in [2.75, 3.05) is 32.8 Å². The Hall–Kier alpha value is -1.14. The third kappa shape index (κ3) is 4.68. The maximum atomic E-state index is 5.56. The van der Waals surface area contributed by atoms with Crippen LogP contribution >= 0.6 is 11.3 Å². The first kappa shape index (κ1) is 17.2. The van der Waals surface area contributed by atoms with Crippen LogP contribution in [0.3, 0.4) is 0 Å². The molecule has 2 rings (SSSR count). The number of aliphatic imine (C=N–C) groups is 1. The number of aromatic nitrogens is 1. The second kappa shape index (κ2) is 8.48. The van der Waals surface area contributed by atoms with Crippen LogP contribution in [0.5, 0.6) is 0 Å². The lowest BCUT2D eigenvalue weighted by atomic mass is 10.1. The van der Waals surface area contributed by atoms with Crippen LogP contribution in [0.2, 0.25) is 0 Å². The molecule has 0 saturated carbocycles. The first-order valence-corrected chi connectivity index (χ1v) is 8.99. The molecule has 1 N–H and O–H groups in total. The fourth-order valence-corrected chi connectivity index (χ4v) is 3.60. The minimum Gasteiger partial charge on any atom is -0.381 e. The lowest BCUT2D eigenvalue weighted by Gasteiger charge is -2.21. The van der Waals surface area contributed by atoms with E-state index in [1.165, 1.54) is 11.3 Å². The summed E-state index contributed by atoms with van der Waals surface area (Å²) < 4.78 is 5.56. The van der Waals surface area contributed by atoms with Gasteiger partial charge in [0.1, 0.15) is 0 Å². The van der Waals surface area contributed by atoms with E-state index in [9.17, 15) is 0 Å². The maximum absolute atomic E-state index is 5.56. The molecule has 2 heterocycles. The first-order valence-electron chi connectivity index (χ1n) is 8.17. The van der Waals surface area contributed by atoms with Gasteiger partial charge in [0.25, 0.3) is 0 Å². The van der Waals surface area contributed by atoms with Crippen LogP contribution in [0.1, 0.15) is 35.8 Å². The maximum Gasteiger partial charge on any atom is 0.194 e. The molecule has 6 heteroatoms. The van der Waals surface area contributed by atoms with Crippen LogP contribution in [-0.2, 0) is 11.3 Å². The topological polar surface area (TPSA) is 49.8 Å². The third-order valence-electron chi connectivity index (χ3n) is 3.85. The monoisotopic (exact) mass is 324 g/mol. The zero-order chi connectivity index (χ0) is 15.9. The van der Waals surface area contributed by atoms with Gasteiger partial charge in [-0.05, 0) is 34.1 Å². The van der Waals surface area contributed by atoms with Gasteiger partial charge in [0.05, 0.1) is 23.9 Å². The highest BCUT2D eigenvalue weighted by molar-refractivity contribution is 7.11. The number of aryl methyl sites for hydroxylation is 2. The van der Waals surface area contributed by atoms with Crippen molar-refractivity contribution < 1.29 is 4.74 Å². The van der Waals surface area contributed by atoms with Crippen LogP contribution in [0, 0.1) is 19.8 Å². The van der Waals surface area contributed by atoms with E-state index in [1.54, 1.807) is 11.3 Å². The van der Waals surface area contributed by atoms with E-state index >= 15 is 0 Å². The Labute approximate surface area is 137 Å². The van der Waals surface area contributed by atoms with E-state index in [1.807, 2.05) is 0 Å². The summed E-state index contributed by atoms with van der Waals surface area (Å²) in [4.78, 5) is 12.9. The molecule has 1 unspecified atom stereocenters. The van der Waals surface area contributed by atoms with Crippen LogP contribution in [0.25, 0.3) is 0 Å². The Bertz CT molecular complexity index is 500. The molecule has 1 aromatic rings. The minimum absolute atomic E-state index is 0.621. The Kier molecular flexibility index (Phi) is 6.64. The molecule has 1 fully saturated rings. The number of nitrogens with zero attached hydrogens (tertiary/aromatic N) is 3. The van der Waals surface area contributed by atoms with Crippen LogP contribution in [-0.4, -0.2) is 48.7 Å². The fraction of sp³-hybridized carbons (Fsp3) is 0.750. The predicted octanol–water partition coefficient (Wildman–Crippen LogP) is 2.58. The molecule has 0 spiro atoms. The lowest BCUT2D eigenvalue weighted by molar-refractivity contribution is 0.114. The van der Waals surface area contributed by atoms with E-state index in [2.05, 4.69) is 42.9 Å². The molecule has 1 aliphatic heterocycles. The normalized spacial score (nSPS) is 19.0. The number of hydrogen-bond acceptors (Lipinski definition) is 4. The lowest BCUT2D eigenvalue weighted by Crippen LogP contribution is -2.40. The SMILES string of the molecule is CCNC(=NCc1sc(C)nc1C)N1CCC(COCC)C1. The number of rotatable bonds is 6. The fourth-order valence-electron chi connectivity index (χ4n) is 2.74. The molecule has 0 aliphatic carbocycles. The minimum atomic E-state index is 0.621. The van der Waals surface area contributed by atoms with Crippen molar-refractivity contribution in [2.45, 2.75) is 40.7 Å². The summed E-state index contributed by atoms with van der Waals surface area (Å²) in [5.74, 6) is 1.64. The Morgan fingerprint density at radius 3 is 2.91 bits per heavy atom. The highest BCUT2D eigenvalue weighted by Gasteiger charge is 2.24. The quantitative estimate of drug-likeness (QED) is 0.645. The summed E-state index contributed by atoms with van der Waals surface area (Å²) in [5, 5.41) is 4.53. The van der Waals surface area contributed by atoms with Crippen molar-refractivity contribution in [1.82, 2.24) is 15.2 Å². The summed E-state index contributed by atoms with van der Waals surface area (Å²) in [5.41, 5.74) is 1.11. The average Bonchev–Trinajstić information content (AvgIpc) is 3.08. The van der Waals surface area contributed by atoms with Gasteiger partial charge < -0.3 is 15.0 Å². The molecule has 1 saturated heterocycles. The van der Waals surface area contributed by atoms with Gasteiger partial charge in [-0.2, -0.15) is 0 Å². The first-order chi connectivity index (χ1) is 10.6. The highest BCUT2D eigenvalue weighted by atomic mass is 32.1. The van der Waals surface area contributed by atoms with Crippen LogP contribution in [0.4, 0.5) is 0 Å². The number of ether oxygens (including phenoxy) is 1. The summed E-state index contributed by atoms with van der Waals surface area (Å²) in [6.45, 7) is 13.6. The van der Waals surface area contributed by atoms with Crippen molar-refractivity contribution in [3.05, 3.63) is 15.6 Å². The standard InChI is InChI=1S/C16H28N4OS/c1-5-17-16(18-9-15-12(3)19-13(4)22-15)20-8-7-14(10-20)11-21-6-2/h14H,5-11H2,1-4H3,(H,17,18). The van der Waals surface area contributed by atoms with Crippen LogP contribution in [0.15, 0.2) is 4.99 Å². The molecule has 124 valence electrons. The van der Waals surface area contributed by atoms with E-state index in [4.69, 9.17) is 9.73 Å². The summed E-state index contributed by atoms with van der Waals surface area (Å²) >= 11 is 1.74. The second-order valence-corrected chi connectivity index (χ2v) is 6.96. The zero-order valence-corrected chi connectivity index (χ0v) is 15.0. The van der Waals surface area contributed by atoms with Gasteiger partial charge in [-0.3, -0.25) is 0 Å². The van der Waals surface area contributed by atoms with Crippen molar-refractivity contribution in [3.63, 3.8) is 0 Å². The molecule has 0 aromatic carbocycles. The van der Waals surface area contributed by atoms with E-state index in [-0.39, 0.29) is 0 Å². The molecule has 0 bridgehead atoms. The molecule has 1 atom stereocenters. The number of guanidine groups is 1. The number of likely N-dealkylation sites (tertiary alicyclic amines) is 1. The zero-order valence-electron chi connectivity index (χ0n) is 14.2. The second-order valence-electron chi connectivity index (χ2n) is 5.67. The Balaban J connectivity index is 1.97. The van der Waals surface area contributed by atoms with E-state index in [0.717, 1.165) is 49.5 Å². The molecule has 0 radical (unpaired) electrons. The van der Waals surface area contributed by atoms with Gasteiger partial charge in [0.15, 0.2) is 5.96 Å². The molecular weight excluding hydrogens is 296 g/mol. The van der Waals surface area contributed by atoms with Gasteiger partial charge in [0, 0.05) is 37.0 Å². The summed E-state index contributed by atoms with van der Waals surface area (Å²) in [7, 11) is 0. The van der Waals surface area contributed by atoms with Crippen molar-refractivity contribution in [1.29, 1.82) is 0 Å². The molecule has 22 heavy (non-hydrogen) atoms. The van der Waals surface area contributed by atoms with Gasteiger partial charge >= 0.3 is 0 Å². The van der Waals surface area contributed by atoms with Crippen molar-refractivity contribution in [2.24, 2.45) is 10.9 Å². The summed E-state index contributed by atoms with van der Waals surface area (Å²) in [6, 6.07) is 0. The van der Waals surface area contributed by atoms with Crippen LogP contribution < -0.4 is 5.32 Å². The Morgan fingerprint density at radius 2 is 2.27 bits per heavy atom. The van der Waals surface area contributed by atoms with Gasteiger partial charge in [0.2, 0.25) is 0 Å². The predicted molar refractivity (Wildman–Crippen MR) is 92.6 cm³/mol. The molecule has 5 nitrogen and oxygen atoms in total. The molecule has 0 amide bonds. The van der Waals surface area contributed by atoms with Crippen molar-refractivity contribution >= 4 is 17.3 Å². The molecule has 1 aromatic heterocycles. The van der Waals surface area contributed by atoms with Gasteiger partial charge in [-0.15, -0.1) is 11.3 Å². The summed E-state index contributed by atoms with van der Waals surface area (Å²) in [6.07, 6.45) is 1.18. The van der Waals surface area contributed by atoms with Crippen molar-refractivity contribution in [3.8, 4) is 0 Å². The number of hydrogen-bond donors (Lipinski definition) is 1. The molecular formula is C16H28N4OS. The Morgan fingerprint density at radius 1 is 1.45 bits per heavy atom. The number of nitrogens with one attached hydrogen (secondary N) is 1.